The van der Waals surface area contributed by atoms with Crippen molar-refractivity contribution in [2.45, 2.75) is 18.9 Å². The highest BCUT2D eigenvalue weighted by Gasteiger charge is 2.26. The number of rotatable bonds is 6. The SMILES string of the molecule is COCCN(C)C(=O)N1CCC(Oc2ncc3ccc(OC)cc3n2)CC1. The lowest BCUT2D eigenvalue weighted by atomic mass is 10.1. The standard InChI is InChI=1S/C19H26N4O4/c1-22(10-11-25-2)19(24)23-8-6-15(7-9-23)27-18-20-13-14-4-5-16(26-3)12-17(14)21-18/h4-5,12-13,15H,6-11H2,1-3H3. The molecular formula is C19H26N4O4. The first-order chi connectivity index (χ1) is 13.1. The maximum atomic E-state index is 12.4. The third-order valence-electron chi connectivity index (χ3n) is 4.71. The number of carbonyl (C=O) groups excluding carboxylic acids is 1. The fourth-order valence-corrected chi connectivity index (χ4v) is 3.05. The van der Waals surface area contributed by atoms with Crippen LogP contribution in [0.3, 0.4) is 0 Å². The number of hydrogen-bond donors (Lipinski definition) is 0. The Balaban J connectivity index is 1.56. The molecule has 1 saturated heterocycles. The van der Waals surface area contributed by atoms with Gasteiger partial charge in [0.15, 0.2) is 0 Å². The van der Waals surface area contributed by atoms with Gasteiger partial charge in [0, 0.05) is 64.3 Å². The number of benzene rings is 1. The summed E-state index contributed by atoms with van der Waals surface area (Å²) in [6, 6.07) is 6.04. The molecule has 1 fully saturated rings. The fourth-order valence-electron chi connectivity index (χ4n) is 3.05. The van der Waals surface area contributed by atoms with E-state index in [2.05, 4.69) is 9.97 Å². The van der Waals surface area contributed by atoms with Gasteiger partial charge in [0.05, 0.1) is 19.2 Å². The molecule has 0 aliphatic carbocycles. The second kappa shape index (κ2) is 8.85. The van der Waals surface area contributed by atoms with Crippen LogP contribution in [0.1, 0.15) is 12.8 Å². The van der Waals surface area contributed by atoms with E-state index >= 15 is 0 Å². The van der Waals surface area contributed by atoms with Gasteiger partial charge >= 0.3 is 12.0 Å². The Kier molecular flexibility index (Phi) is 6.28. The molecule has 0 unspecified atom stereocenters. The molecule has 0 radical (unpaired) electrons. The molecule has 1 aliphatic heterocycles. The number of nitrogens with zero attached hydrogens (tertiary/aromatic N) is 4. The van der Waals surface area contributed by atoms with Gasteiger partial charge in [-0.3, -0.25) is 0 Å². The molecular weight excluding hydrogens is 348 g/mol. The van der Waals surface area contributed by atoms with Crippen LogP contribution in [0.25, 0.3) is 10.9 Å². The minimum Gasteiger partial charge on any atom is -0.497 e. The van der Waals surface area contributed by atoms with E-state index in [1.54, 1.807) is 32.4 Å². The molecule has 0 spiro atoms. The van der Waals surface area contributed by atoms with Gasteiger partial charge in [0.25, 0.3) is 0 Å². The van der Waals surface area contributed by atoms with Gasteiger partial charge in [-0.2, -0.15) is 4.98 Å². The van der Waals surface area contributed by atoms with Crippen LogP contribution in [0.5, 0.6) is 11.8 Å². The smallest absolute Gasteiger partial charge is 0.319 e. The lowest BCUT2D eigenvalue weighted by molar-refractivity contribution is 0.0877. The first-order valence-electron chi connectivity index (χ1n) is 9.07. The summed E-state index contributed by atoms with van der Waals surface area (Å²) in [4.78, 5) is 24.7. The third-order valence-corrected chi connectivity index (χ3v) is 4.71. The summed E-state index contributed by atoms with van der Waals surface area (Å²) in [5.41, 5.74) is 0.784. The van der Waals surface area contributed by atoms with Gasteiger partial charge in [-0.25, -0.2) is 9.78 Å². The normalized spacial score (nSPS) is 15.0. The summed E-state index contributed by atoms with van der Waals surface area (Å²) in [7, 11) is 5.05. The molecule has 8 nitrogen and oxygen atoms in total. The molecule has 8 heteroatoms. The van der Waals surface area contributed by atoms with Crippen molar-refractivity contribution in [3.8, 4) is 11.8 Å². The largest absolute Gasteiger partial charge is 0.497 e. The third kappa shape index (κ3) is 4.77. The van der Waals surface area contributed by atoms with Gasteiger partial charge in [0.1, 0.15) is 11.9 Å². The molecule has 1 aliphatic rings. The number of likely N-dealkylation sites (tertiary alicyclic amines) is 1. The summed E-state index contributed by atoms with van der Waals surface area (Å²) in [6.07, 6.45) is 3.26. The second-order valence-electron chi connectivity index (χ2n) is 6.58. The van der Waals surface area contributed by atoms with Crippen LogP contribution in [0.2, 0.25) is 0 Å². The minimum absolute atomic E-state index is 0.00129. The predicted octanol–water partition coefficient (Wildman–Crippen LogP) is 2.18. The topological polar surface area (TPSA) is 77.0 Å². The average Bonchev–Trinajstić information content (AvgIpc) is 2.71. The van der Waals surface area contributed by atoms with E-state index in [1.807, 2.05) is 23.1 Å². The van der Waals surface area contributed by atoms with E-state index in [1.165, 1.54) is 0 Å². The summed E-state index contributed by atoms with van der Waals surface area (Å²) in [5, 5.41) is 0.933. The lowest BCUT2D eigenvalue weighted by Crippen LogP contribution is -2.47. The van der Waals surface area contributed by atoms with Crippen LogP contribution in [0, 0.1) is 0 Å². The molecule has 0 N–H and O–H groups in total. The van der Waals surface area contributed by atoms with E-state index in [0.29, 0.717) is 32.3 Å². The number of aromatic nitrogens is 2. The number of piperidine rings is 1. The minimum atomic E-state index is 0.00129. The Morgan fingerprint density at radius 2 is 2.07 bits per heavy atom. The van der Waals surface area contributed by atoms with E-state index in [4.69, 9.17) is 14.2 Å². The number of amides is 2. The van der Waals surface area contributed by atoms with Crippen LogP contribution in [0.15, 0.2) is 24.4 Å². The molecule has 2 amide bonds. The number of hydrogen-bond acceptors (Lipinski definition) is 6. The molecule has 2 aromatic rings. The van der Waals surface area contributed by atoms with Crippen molar-refractivity contribution in [3.05, 3.63) is 24.4 Å². The summed E-state index contributed by atoms with van der Waals surface area (Å²) < 4.78 is 16.2. The number of fused-ring (bicyclic) bond motifs is 1. The maximum Gasteiger partial charge on any atom is 0.319 e. The highest BCUT2D eigenvalue weighted by Crippen LogP contribution is 2.22. The molecule has 3 rings (SSSR count). The van der Waals surface area contributed by atoms with Crippen LogP contribution in [-0.4, -0.2) is 79.4 Å². The van der Waals surface area contributed by atoms with E-state index in [0.717, 1.165) is 29.5 Å². The van der Waals surface area contributed by atoms with Crippen molar-refractivity contribution >= 4 is 16.9 Å². The van der Waals surface area contributed by atoms with Crippen molar-refractivity contribution in [1.82, 2.24) is 19.8 Å². The number of methoxy groups -OCH3 is 2. The summed E-state index contributed by atoms with van der Waals surface area (Å²) in [6.45, 7) is 2.43. The maximum absolute atomic E-state index is 12.4. The van der Waals surface area contributed by atoms with E-state index in [-0.39, 0.29) is 12.1 Å². The number of carbonyl (C=O) groups is 1. The van der Waals surface area contributed by atoms with Crippen molar-refractivity contribution in [3.63, 3.8) is 0 Å². The van der Waals surface area contributed by atoms with Crippen LogP contribution < -0.4 is 9.47 Å². The summed E-state index contributed by atoms with van der Waals surface area (Å²) >= 11 is 0. The highest BCUT2D eigenvalue weighted by molar-refractivity contribution is 5.79. The van der Waals surface area contributed by atoms with Gasteiger partial charge in [0.2, 0.25) is 0 Å². The zero-order valence-electron chi connectivity index (χ0n) is 16.1. The molecule has 146 valence electrons. The van der Waals surface area contributed by atoms with Gasteiger partial charge in [-0.1, -0.05) is 0 Å². The van der Waals surface area contributed by atoms with E-state index in [9.17, 15) is 4.79 Å². The van der Waals surface area contributed by atoms with Crippen LogP contribution in [-0.2, 0) is 4.74 Å². The molecule has 0 saturated carbocycles. The Morgan fingerprint density at radius 3 is 2.78 bits per heavy atom. The second-order valence-corrected chi connectivity index (χ2v) is 6.58. The van der Waals surface area contributed by atoms with Gasteiger partial charge in [-0.05, 0) is 12.1 Å². The number of ether oxygens (including phenoxy) is 3. The first kappa shape index (κ1) is 19.2. The monoisotopic (exact) mass is 374 g/mol. The lowest BCUT2D eigenvalue weighted by Gasteiger charge is -2.34. The van der Waals surface area contributed by atoms with E-state index < -0.39 is 0 Å². The van der Waals surface area contributed by atoms with Crippen molar-refractivity contribution in [2.75, 3.05) is 47.5 Å². The Labute approximate surface area is 159 Å². The van der Waals surface area contributed by atoms with Crippen LogP contribution >= 0.6 is 0 Å². The Morgan fingerprint density at radius 1 is 1.30 bits per heavy atom. The van der Waals surface area contributed by atoms with Crippen molar-refractivity contribution in [1.29, 1.82) is 0 Å². The average molecular weight is 374 g/mol. The number of likely N-dealkylation sites (N-methyl/N-ethyl adjacent to an activating group) is 1. The molecule has 2 heterocycles. The fraction of sp³-hybridized carbons (Fsp3) is 0.526. The highest BCUT2D eigenvalue weighted by atomic mass is 16.5. The van der Waals surface area contributed by atoms with Crippen LogP contribution in [0.4, 0.5) is 4.79 Å². The number of urea groups is 1. The van der Waals surface area contributed by atoms with Crippen molar-refractivity contribution < 1.29 is 19.0 Å². The molecule has 0 atom stereocenters. The quantitative estimate of drug-likeness (QED) is 0.771. The Hall–Kier alpha value is -2.61. The molecule has 0 bridgehead atoms. The first-order valence-corrected chi connectivity index (χ1v) is 9.07. The molecule has 1 aromatic heterocycles. The zero-order valence-corrected chi connectivity index (χ0v) is 16.1. The predicted molar refractivity (Wildman–Crippen MR) is 101 cm³/mol. The Bertz CT molecular complexity index is 777. The molecule has 27 heavy (non-hydrogen) atoms. The van der Waals surface area contributed by atoms with Crippen molar-refractivity contribution in [2.24, 2.45) is 0 Å². The zero-order chi connectivity index (χ0) is 19.2. The van der Waals surface area contributed by atoms with Gasteiger partial charge in [-0.15, -0.1) is 0 Å². The molecule has 1 aromatic carbocycles. The summed E-state index contributed by atoms with van der Waals surface area (Å²) in [5.74, 6) is 0.747. The van der Waals surface area contributed by atoms with Gasteiger partial charge < -0.3 is 24.0 Å².